The first-order valence-electron chi connectivity index (χ1n) is 6.77. The maximum absolute atomic E-state index is 12.4. The van der Waals surface area contributed by atoms with Crippen molar-refractivity contribution < 1.29 is 17.9 Å². The van der Waals surface area contributed by atoms with E-state index in [0.29, 0.717) is 26.3 Å². The van der Waals surface area contributed by atoms with Gasteiger partial charge in [-0.2, -0.15) is 0 Å². The van der Waals surface area contributed by atoms with Crippen LogP contribution in [-0.2, 0) is 19.5 Å². The number of hydrogen-bond acceptors (Lipinski definition) is 4. The van der Waals surface area contributed by atoms with Crippen LogP contribution in [0.3, 0.4) is 0 Å². The van der Waals surface area contributed by atoms with Crippen molar-refractivity contribution in [2.45, 2.75) is 30.9 Å². The Morgan fingerprint density at radius 2 is 1.78 bits per heavy atom. The van der Waals surface area contributed by atoms with Gasteiger partial charge in [-0.15, -0.1) is 0 Å². The molecule has 0 aromatic rings. The molecule has 5 nitrogen and oxygen atoms in total. The molecule has 0 saturated carbocycles. The van der Waals surface area contributed by atoms with Gasteiger partial charge in [0.25, 0.3) is 0 Å². The van der Waals surface area contributed by atoms with Gasteiger partial charge in [-0.25, -0.2) is 12.7 Å². The van der Waals surface area contributed by atoms with Gasteiger partial charge in [0.15, 0.2) is 0 Å². The van der Waals surface area contributed by atoms with Gasteiger partial charge in [-0.3, -0.25) is 0 Å². The highest BCUT2D eigenvalue weighted by Gasteiger charge is 2.44. The summed E-state index contributed by atoms with van der Waals surface area (Å²) in [7, 11) is -3.13. The third-order valence-corrected chi connectivity index (χ3v) is 6.71. The molecule has 3 rings (SSSR count). The van der Waals surface area contributed by atoms with Gasteiger partial charge in [-0.1, -0.05) is 0 Å². The van der Waals surface area contributed by atoms with Crippen LogP contribution in [0.2, 0.25) is 0 Å². The van der Waals surface area contributed by atoms with Crippen LogP contribution in [0.1, 0.15) is 25.7 Å². The van der Waals surface area contributed by atoms with Gasteiger partial charge in [0, 0.05) is 26.3 Å². The molecule has 3 fully saturated rings. The Kier molecular flexibility index (Phi) is 3.38. The lowest BCUT2D eigenvalue weighted by Gasteiger charge is -2.45. The maximum Gasteiger partial charge on any atom is 0.221 e. The summed E-state index contributed by atoms with van der Waals surface area (Å²) in [4.78, 5) is 0. The molecule has 0 N–H and O–H groups in total. The molecule has 104 valence electrons. The van der Waals surface area contributed by atoms with Crippen molar-refractivity contribution in [3.05, 3.63) is 0 Å². The zero-order valence-electron chi connectivity index (χ0n) is 10.6. The van der Waals surface area contributed by atoms with Gasteiger partial charge in [0.05, 0.1) is 13.2 Å². The Labute approximate surface area is 108 Å². The van der Waals surface area contributed by atoms with Crippen LogP contribution < -0.4 is 0 Å². The summed E-state index contributed by atoms with van der Waals surface area (Å²) in [5.74, 6) is 0. The molecule has 3 aliphatic heterocycles. The quantitative estimate of drug-likeness (QED) is 0.741. The zero-order chi connectivity index (χ0) is 12.6. The van der Waals surface area contributed by atoms with E-state index in [0.717, 1.165) is 38.9 Å². The predicted octanol–water partition coefficient (Wildman–Crippen LogP) is 0.608. The molecule has 0 radical (unpaired) electrons. The Morgan fingerprint density at radius 3 is 2.39 bits per heavy atom. The molecule has 0 unspecified atom stereocenters. The largest absolute Gasteiger partial charge is 0.381 e. The molecule has 0 aliphatic carbocycles. The minimum absolute atomic E-state index is 0.175. The van der Waals surface area contributed by atoms with Crippen molar-refractivity contribution in [1.82, 2.24) is 4.31 Å². The molecule has 0 atom stereocenters. The molecule has 3 aliphatic rings. The molecule has 6 heteroatoms. The molecule has 18 heavy (non-hydrogen) atoms. The zero-order valence-corrected chi connectivity index (χ0v) is 11.5. The number of ether oxygens (including phenoxy) is 2. The number of piperidine rings is 1. The molecule has 3 heterocycles. The smallest absolute Gasteiger partial charge is 0.221 e. The van der Waals surface area contributed by atoms with Gasteiger partial charge in [-0.05, 0) is 31.1 Å². The van der Waals surface area contributed by atoms with Crippen LogP contribution in [0.4, 0.5) is 0 Å². The van der Waals surface area contributed by atoms with Gasteiger partial charge < -0.3 is 9.47 Å². The third kappa shape index (κ3) is 2.19. The van der Waals surface area contributed by atoms with Crippen LogP contribution in [0.15, 0.2) is 0 Å². The van der Waals surface area contributed by atoms with E-state index in [9.17, 15) is 8.42 Å². The monoisotopic (exact) mass is 275 g/mol. The van der Waals surface area contributed by atoms with Crippen molar-refractivity contribution in [2.24, 2.45) is 5.41 Å². The van der Waals surface area contributed by atoms with E-state index in [4.69, 9.17) is 9.47 Å². The Morgan fingerprint density at radius 1 is 1.06 bits per heavy atom. The highest BCUT2D eigenvalue weighted by molar-refractivity contribution is 7.89. The van der Waals surface area contributed by atoms with Crippen LogP contribution in [0.5, 0.6) is 0 Å². The molecule has 0 bridgehead atoms. The molecule has 0 aromatic heterocycles. The van der Waals surface area contributed by atoms with Crippen molar-refractivity contribution in [1.29, 1.82) is 0 Å². The Hall–Kier alpha value is -0.170. The fraction of sp³-hybridized carbons (Fsp3) is 1.00. The predicted molar refractivity (Wildman–Crippen MR) is 66.8 cm³/mol. The molecule has 0 amide bonds. The van der Waals surface area contributed by atoms with Crippen LogP contribution >= 0.6 is 0 Å². The second-order valence-electron chi connectivity index (χ2n) is 5.75. The van der Waals surface area contributed by atoms with E-state index in [-0.39, 0.29) is 10.7 Å². The average Bonchev–Trinajstić information content (AvgIpc) is 2.27. The first-order chi connectivity index (χ1) is 8.62. The lowest BCUT2D eigenvalue weighted by molar-refractivity contribution is -0.0137. The molecular formula is C12H21NO4S. The highest BCUT2D eigenvalue weighted by atomic mass is 32.2. The number of nitrogens with zero attached hydrogens (tertiary/aromatic N) is 1. The van der Waals surface area contributed by atoms with E-state index < -0.39 is 10.0 Å². The number of rotatable bonds is 2. The third-order valence-electron chi connectivity index (χ3n) is 4.57. The molecular weight excluding hydrogens is 254 g/mol. The van der Waals surface area contributed by atoms with Crippen LogP contribution in [-0.4, -0.2) is 57.5 Å². The Bertz CT molecular complexity index is 393. The summed E-state index contributed by atoms with van der Waals surface area (Å²) in [6.45, 7) is 3.67. The fourth-order valence-electron chi connectivity index (χ4n) is 3.19. The van der Waals surface area contributed by atoms with E-state index in [1.807, 2.05) is 0 Å². The summed E-state index contributed by atoms with van der Waals surface area (Å²) in [5.41, 5.74) is 0.175. The fourth-order valence-corrected chi connectivity index (χ4v) is 4.98. The van der Waals surface area contributed by atoms with E-state index in [2.05, 4.69) is 0 Å². The highest BCUT2D eigenvalue weighted by Crippen LogP contribution is 2.40. The maximum atomic E-state index is 12.4. The van der Waals surface area contributed by atoms with E-state index in [1.54, 1.807) is 4.31 Å². The molecule has 1 spiro atoms. The second kappa shape index (κ2) is 4.74. The molecule has 0 aromatic carbocycles. The lowest BCUT2D eigenvalue weighted by Crippen LogP contribution is -2.54. The van der Waals surface area contributed by atoms with E-state index in [1.165, 1.54) is 0 Å². The number of hydrogen-bond donors (Lipinski definition) is 0. The van der Waals surface area contributed by atoms with Crippen molar-refractivity contribution in [3.8, 4) is 0 Å². The minimum Gasteiger partial charge on any atom is -0.381 e. The van der Waals surface area contributed by atoms with Crippen LogP contribution in [0, 0.1) is 5.41 Å². The number of sulfonamides is 1. The topological polar surface area (TPSA) is 55.8 Å². The van der Waals surface area contributed by atoms with Crippen molar-refractivity contribution in [3.63, 3.8) is 0 Å². The van der Waals surface area contributed by atoms with Gasteiger partial charge in [0.1, 0.15) is 5.25 Å². The Balaban J connectivity index is 1.73. The van der Waals surface area contributed by atoms with Crippen molar-refractivity contribution in [2.75, 3.05) is 39.5 Å². The standard InChI is InChI=1S/C12H21NO4S/c14-18(15,11-8-17-9-11)13-5-1-2-12(10-13)3-6-16-7-4-12/h11H,1-10H2. The summed E-state index contributed by atoms with van der Waals surface area (Å²) in [5, 5.41) is -0.299. The van der Waals surface area contributed by atoms with Gasteiger partial charge in [0.2, 0.25) is 10.0 Å². The van der Waals surface area contributed by atoms with Crippen LogP contribution in [0.25, 0.3) is 0 Å². The SMILES string of the molecule is O=S(=O)(C1COC1)N1CCCC2(CCOCC2)C1. The first kappa shape index (κ1) is 12.8. The average molecular weight is 275 g/mol. The van der Waals surface area contributed by atoms with E-state index >= 15 is 0 Å². The lowest BCUT2D eigenvalue weighted by atomic mass is 9.74. The molecule has 3 saturated heterocycles. The summed E-state index contributed by atoms with van der Waals surface area (Å²) in [6.07, 6.45) is 4.12. The van der Waals surface area contributed by atoms with Crippen molar-refractivity contribution >= 4 is 10.0 Å². The summed E-state index contributed by atoms with van der Waals surface area (Å²) >= 11 is 0. The summed E-state index contributed by atoms with van der Waals surface area (Å²) in [6, 6.07) is 0. The summed E-state index contributed by atoms with van der Waals surface area (Å²) < 4.78 is 37.0. The van der Waals surface area contributed by atoms with Gasteiger partial charge >= 0.3 is 0 Å². The first-order valence-corrected chi connectivity index (χ1v) is 8.27. The normalized spacial score (nSPS) is 30.2. The second-order valence-corrected chi connectivity index (χ2v) is 7.97. The minimum atomic E-state index is -3.13.